The van der Waals surface area contributed by atoms with Gasteiger partial charge in [0.2, 0.25) is 0 Å². The number of hydrogen-bond donors (Lipinski definition) is 0. The Morgan fingerprint density at radius 1 is 1.25 bits per heavy atom. The van der Waals surface area contributed by atoms with Crippen LogP contribution in [0.15, 0.2) is 10.7 Å². The van der Waals surface area contributed by atoms with Crippen LogP contribution >= 0.6 is 27.3 Å². The first kappa shape index (κ1) is 12.2. The highest BCUT2D eigenvalue weighted by molar-refractivity contribution is 9.10. The first-order valence-electron chi connectivity index (χ1n) is 13.0. The smallest absolute Gasteiger partial charge is 0.187 e. The van der Waals surface area contributed by atoms with Gasteiger partial charge in [-0.05, 0) is 48.7 Å². The van der Waals surface area contributed by atoms with Crippen LogP contribution in [-0.2, 0) is 4.74 Å². The summed E-state index contributed by atoms with van der Waals surface area (Å²) in [5.74, 6) is 0.263. The Morgan fingerprint density at radius 2 is 1.96 bits per heavy atom. The molecule has 0 unspecified atom stereocenters. The second-order valence-corrected chi connectivity index (χ2v) is 8.24. The molecule has 3 aromatic rings. The molecule has 28 heavy (non-hydrogen) atoms. The molecule has 1 aliphatic heterocycles. The predicted molar refractivity (Wildman–Crippen MR) is 118 cm³/mol. The van der Waals surface area contributed by atoms with E-state index in [0.29, 0.717) is 26.7 Å². The van der Waals surface area contributed by atoms with Crippen LogP contribution in [0.2, 0.25) is 0 Å². The van der Waals surface area contributed by atoms with Gasteiger partial charge >= 0.3 is 0 Å². The molecular formula is C20H26BrN5OS. The molecule has 1 fully saturated rings. The summed E-state index contributed by atoms with van der Waals surface area (Å²) in [7, 11) is 0. The summed E-state index contributed by atoms with van der Waals surface area (Å²) in [6.07, 6.45) is 1.84. The third-order valence-electron chi connectivity index (χ3n) is 4.73. The molecule has 0 spiro atoms. The van der Waals surface area contributed by atoms with E-state index in [9.17, 15) is 0 Å². The van der Waals surface area contributed by atoms with Crippen molar-refractivity contribution < 1.29 is 15.7 Å². The largest absolute Gasteiger partial charge is 0.378 e. The summed E-state index contributed by atoms with van der Waals surface area (Å²) < 4.78 is 71.9. The molecule has 0 radical (unpaired) electrons. The fraction of sp³-hybridized carbons (Fsp3) is 0.550. The number of hydrogen-bond acceptors (Lipinski definition) is 6. The van der Waals surface area contributed by atoms with E-state index >= 15 is 0 Å². The van der Waals surface area contributed by atoms with Crippen LogP contribution in [0.3, 0.4) is 0 Å². The van der Waals surface area contributed by atoms with E-state index in [4.69, 9.17) is 21.0 Å². The molecular weight excluding hydrogens is 438 g/mol. The lowest BCUT2D eigenvalue weighted by Gasteiger charge is -2.25. The Balaban J connectivity index is 1.94. The van der Waals surface area contributed by atoms with Gasteiger partial charge in [0, 0.05) is 30.3 Å². The topological polar surface area (TPSA) is 55.5 Å². The Kier molecular flexibility index (Phi) is 3.54. The zero-order valence-electron chi connectivity index (χ0n) is 24.0. The lowest BCUT2D eigenvalue weighted by Crippen LogP contribution is -2.36. The number of ether oxygens (including phenoxy) is 1. The van der Waals surface area contributed by atoms with E-state index in [2.05, 4.69) is 39.5 Å². The number of thiazole rings is 1. The van der Waals surface area contributed by atoms with Gasteiger partial charge in [-0.3, -0.25) is 0 Å². The molecule has 1 aliphatic rings. The molecule has 0 amide bonds. The van der Waals surface area contributed by atoms with Crippen LogP contribution in [0.4, 0.5) is 5.13 Å². The summed E-state index contributed by atoms with van der Waals surface area (Å²) in [6.45, 7) is -4.55. The first-order valence-corrected chi connectivity index (χ1v) is 10.6. The van der Waals surface area contributed by atoms with Crippen LogP contribution in [-0.4, -0.2) is 45.7 Å². The summed E-state index contributed by atoms with van der Waals surface area (Å²) in [6, 6.07) is 2.01. The number of fused-ring (bicyclic) bond motifs is 1. The van der Waals surface area contributed by atoms with E-state index in [1.54, 1.807) is 4.52 Å². The standard InChI is InChI=1S/C20H26BrN5OS/c1-5-14(6-2)15-11-12(3)22-19-16(13(4)24-26(15)19)17-18(21)23-20(28-17)25-7-9-27-10-8-25/h11,14H,5-10H2,1-4H3/i7D2,8D2,9D2,10D2. The van der Waals surface area contributed by atoms with Gasteiger partial charge in [0.25, 0.3) is 0 Å². The summed E-state index contributed by atoms with van der Waals surface area (Å²) in [4.78, 5) is 9.89. The number of aromatic nitrogens is 4. The normalized spacial score (nSPS) is 26.6. The van der Waals surface area contributed by atoms with Crippen molar-refractivity contribution in [3.05, 3.63) is 27.8 Å². The quantitative estimate of drug-likeness (QED) is 0.525. The fourth-order valence-electron chi connectivity index (χ4n) is 3.36. The maximum absolute atomic E-state index is 8.34. The average molecular weight is 472 g/mol. The van der Waals surface area contributed by atoms with E-state index in [1.807, 2.05) is 19.9 Å². The zero-order valence-corrected chi connectivity index (χ0v) is 18.4. The summed E-state index contributed by atoms with van der Waals surface area (Å²) >= 11 is 4.29. The van der Waals surface area contributed by atoms with E-state index in [0.717, 1.165) is 35.6 Å². The van der Waals surface area contributed by atoms with Crippen molar-refractivity contribution in [2.24, 2.45) is 0 Å². The van der Waals surface area contributed by atoms with Gasteiger partial charge in [-0.2, -0.15) is 5.10 Å². The number of morpholine rings is 1. The molecule has 4 heterocycles. The highest BCUT2D eigenvalue weighted by Crippen LogP contribution is 2.41. The highest BCUT2D eigenvalue weighted by Gasteiger charge is 2.25. The molecule has 0 aromatic carbocycles. The van der Waals surface area contributed by atoms with Crippen molar-refractivity contribution >= 4 is 38.0 Å². The molecule has 6 nitrogen and oxygen atoms in total. The summed E-state index contributed by atoms with van der Waals surface area (Å²) in [5.41, 5.74) is 3.65. The third kappa shape index (κ3) is 3.46. The lowest BCUT2D eigenvalue weighted by molar-refractivity contribution is 0.122. The fourth-order valence-corrected chi connectivity index (χ4v) is 5.06. The third-order valence-corrected chi connectivity index (χ3v) is 6.63. The Hall–Kier alpha value is -1.51. The van der Waals surface area contributed by atoms with Crippen LogP contribution in [0, 0.1) is 13.8 Å². The van der Waals surface area contributed by atoms with Crippen molar-refractivity contribution in [1.82, 2.24) is 19.6 Å². The molecule has 1 saturated heterocycles. The average Bonchev–Trinajstić information content (AvgIpc) is 3.25. The SMILES string of the molecule is [2H]C1([2H])OC([2H])([2H])C([2H])([2H])N(c2nc(Br)c(-c3c(C)nn4c(C(CC)CC)cc(C)nc34)s2)C1([2H])[2H]. The molecule has 4 rings (SSSR count). The van der Waals surface area contributed by atoms with Gasteiger partial charge in [0.05, 0.1) is 40.2 Å². The molecule has 0 aliphatic carbocycles. The van der Waals surface area contributed by atoms with Crippen LogP contribution in [0.5, 0.6) is 0 Å². The van der Waals surface area contributed by atoms with Crippen molar-refractivity contribution in [3.63, 3.8) is 0 Å². The molecule has 8 heteroatoms. The van der Waals surface area contributed by atoms with Gasteiger partial charge in [0.15, 0.2) is 10.8 Å². The van der Waals surface area contributed by atoms with E-state index in [-0.39, 0.29) is 15.7 Å². The minimum Gasteiger partial charge on any atom is -0.378 e. The van der Waals surface area contributed by atoms with Crippen molar-refractivity contribution in [1.29, 1.82) is 0 Å². The van der Waals surface area contributed by atoms with Crippen LogP contribution in [0.25, 0.3) is 16.1 Å². The van der Waals surface area contributed by atoms with Crippen molar-refractivity contribution in [2.45, 2.75) is 46.5 Å². The maximum Gasteiger partial charge on any atom is 0.187 e. The maximum atomic E-state index is 8.34. The van der Waals surface area contributed by atoms with E-state index < -0.39 is 26.1 Å². The number of aryl methyl sites for hydroxylation is 2. The number of rotatable bonds is 5. The molecule has 0 N–H and O–H groups in total. The number of halogens is 1. The number of nitrogens with zero attached hydrogens (tertiary/aromatic N) is 5. The van der Waals surface area contributed by atoms with Gasteiger partial charge in [-0.25, -0.2) is 14.5 Å². The second kappa shape index (κ2) is 8.08. The zero-order chi connectivity index (χ0) is 27.0. The van der Waals surface area contributed by atoms with E-state index in [1.165, 1.54) is 0 Å². The predicted octanol–water partition coefficient (Wildman–Crippen LogP) is 4.97. The second-order valence-electron chi connectivity index (χ2n) is 6.51. The first-order chi connectivity index (χ1) is 16.5. The minimum atomic E-state index is -3.16. The Morgan fingerprint density at radius 3 is 2.64 bits per heavy atom. The monoisotopic (exact) mass is 471 g/mol. The number of anilines is 1. The van der Waals surface area contributed by atoms with Crippen LogP contribution in [0.1, 0.15) is 60.7 Å². The van der Waals surface area contributed by atoms with Gasteiger partial charge in [-0.1, -0.05) is 25.2 Å². The molecule has 0 atom stereocenters. The molecule has 0 bridgehead atoms. The van der Waals surface area contributed by atoms with Crippen molar-refractivity contribution in [2.75, 3.05) is 31.0 Å². The minimum absolute atomic E-state index is 0.255. The Labute approximate surface area is 189 Å². The molecule has 0 saturated carbocycles. The van der Waals surface area contributed by atoms with Gasteiger partial charge < -0.3 is 9.64 Å². The molecule has 150 valence electrons. The Bertz CT molecular complexity index is 1300. The molecule has 3 aromatic heterocycles. The van der Waals surface area contributed by atoms with Gasteiger partial charge in [-0.15, -0.1) is 0 Å². The van der Waals surface area contributed by atoms with Gasteiger partial charge in [0.1, 0.15) is 4.60 Å². The lowest BCUT2D eigenvalue weighted by atomic mass is 9.98. The summed E-state index contributed by atoms with van der Waals surface area (Å²) in [5, 5.41) is 4.47. The highest BCUT2D eigenvalue weighted by atomic mass is 79.9. The van der Waals surface area contributed by atoms with Crippen LogP contribution < -0.4 is 4.90 Å². The van der Waals surface area contributed by atoms with Crippen molar-refractivity contribution in [3.8, 4) is 10.4 Å².